The summed E-state index contributed by atoms with van der Waals surface area (Å²) in [6.45, 7) is 5.40. The van der Waals surface area contributed by atoms with Gasteiger partial charge in [0.25, 0.3) is 0 Å². The summed E-state index contributed by atoms with van der Waals surface area (Å²) in [4.78, 5) is 6.54. The molecule has 1 heterocycles. The molecule has 3 N–H and O–H groups in total. The first-order valence-electron chi connectivity index (χ1n) is 5.79. The molecule has 1 aromatic heterocycles. The molecule has 0 bridgehead atoms. The van der Waals surface area contributed by atoms with Gasteiger partial charge in [0, 0.05) is 18.8 Å². The van der Waals surface area contributed by atoms with Crippen LogP contribution in [0.25, 0.3) is 0 Å². The number of aromatic nitrogens is 1. The molecule has 1 aromatic rings. The zero-order valence-corrected chi connectivity index (χ0v) is 10.4. The van der Waals surface area contributed by atoms with Crippen molar-refractivity contribution in [3.63, 3.8) is 0 Å². The molecule has 1 atom stereocenters. The van der Waals surface area contributed by atoms with E-state index in [1.807, 2.05) is 12.3 Å². The van der Waals surface area contributed by atoms with Crippen molar-refractivity contribution in [2.75, 3.05) is 12.5 Å². The molecule has 90 valence electrons. The largest absolute Gasteiger partial charge is 0.308 e. The second-order valence-electron chi connectivity index (χ2n) is 4.25. The van der Waals surface area contributed by atoms with Gasteiger partial charge in [-0.05, 0) is 32.0 Å². The topological polar surface area (TPSA) is 54.2 Å². The highest BCUT2D eigenvalue weighted by molar-refractivity contribution is 5.33. The third-order valence-electron chi connectivity index (χ3n) is 2.86. The maximum atomic E-state index is 5.27. The third-order valence-corrected chi connectivity index (χ3v) is 2.86. The Bertz CT molecular complexity index is 296. The van der Waals surface area contributed by atoms with Gasteiger partial charge in [0.1, 0.15) is 5.82 Å². The molecule has 0 aliphatic carbocycles. The number of hydrogen-bond donors (Lipinski definition) is 2. The average molecular weight is 222 g/mol. The van der Waals surface area contributed by atoms with Crippen molar-refractivity contribution in [2.45, 2.75) is 39.3 Å². The van der Waals surface area contributed by atoms with E-state index in [-0.39, 0.29) is 0 Å². The van der Waals surface area contributed by atoms with Gasteiger partial charge in [-0.2, -0.15) is 0 Å². The van der Waals surface area contributed by atoms with Crippen LogP contribution in [0, 0.1) is 0 Å². The van der Waals surface area contributed by atoms with Crippen molar-refractivity contribution < 1.29 is 0 Å². The average Bonchev–Trinajstić information content (AvgIpc) is 2.30. The molecule has 16 heavy (non-hydrogen) atoms. The number of hydrogen-bond acceptors (Lipinski definition) is 4. The number of nitrogens with one attached hydrogen (secondary N) is 1. The highest BCUT2D eigenvalue weighted by atomic mass is 15.2. The number of hydrazine groups is 1. The minimum absolute atomic E-state index is 0.609. The Hall–Kier alpha value is -1.13. The zero-order chi connectivity index (χ0) is 12.0. The molecule has 0 radical (unpaired) electrons. The second-order valence-corrected chi connectivity index (χ2v) is 4.25. The second kappa shape index (κ2) is 6.45. The minimum atomic E-state index is 0.609. The Kier molecular flexibility index (Phi) is 5.22. The van der Waals surface area contributed by atoms with E-state index in [0.717, 1.165) is 6.54 Å². The molecule has 1 rings (SSSR count). The van der Waals surface area contributed by atoms with Crippen LogP contribution in [0.5, 0.6) is 0 Å². The van der Waals surface area contributed by atoms with Crippen LogP contribution in [0.2, 0.25) is 0 Å². The van der Waals surface area contributed by atoms with E-state index in [9.17, 15) is 0 Å². The van der Waals surface area contributed by atoms with Crippen molar-refractivity contribution in [3.8, 4) is 0 Å². The van der Waals surface area contributed by atoms with E-state index in [1.54, 1.807) is 0 Å². The fourth-order valence-corrected chi connectivity index (χ4v) is 1.69. The van der Waals surface area contributed by atoms with Gasteiger partial charge in [-0.1, -0.05) is 19.4 Å². The molecule has 0 fully saturated rings. The zero-order valence-electron chi connectivity index (χ0n) is 10.4. The summed E-state index contributed by atoms with van der Waals surface area (Å²) in [7, 11) is 2.15. The van der Waals surface area contributed by atoms with Crippen LogP contribution in [-0.4, -0.2) is 23.0 Å². The van der Waals surface area contributed by atoms with Crippen LogP contribution in [0.15, 0.2) is 18.3 Å². The number of nitrogen functional groups attached to an aromatic ring is 1. The van der Waals surface area contributed by atoms with E-state index in [4.69, 9.17) is 5.84 Å². The monoisotopic (exact) mass is 222 g/mol. The molecule has 0 spiro atoms. The summed E-state index contributed by atoms with van der Waals surface area (Å²) in [5, 5.41) is 0. The molecule has 0 aromatic carbocycles. The number of rotatable bonds is 6. The van der Waals surface area contributed by atoms with Crippen LogP contribution in [-0.2, 0) is 6.54 Å². The molecular weight excluding hydrogens is 200 g/mol. The first-order valence-corrected chi connectivity index (χ1v) is 5.79. The van der Waals surface area contributed by atoms with Crippen LogP contribution < -0.4 is 11.3 Å². The highest BCUT2D eigenvalue weighted by Crippen LogP contribution is 2.10. The predicted molar refractivity (Wildman–Crippen MR) is 67.9 cm³/mol. The summed E-state index contributed by atoms with van der Waals surface area (Å²) in [6.07, 6.45) is 4.32. The van der Waals surface area contributed by atoms with Crippen molar-refractivity contribution in [1.29, 1.82) is 0 Å². The van der Waals surface area contributed by atoms with Crippen LogP contribution in [0.3, 0.4) is 0 Å². The maximum absolute atomic E-state index is 5.27. The smallest absolute Gasteiger partial charge is 0.139 e. The van der Waals surface area contributed by atoms with E-state index in [1.165, 1.54) is 18.4 Å². The highest BCUT2D eigenvalue weighted by Gasteiger charge is 2.08. The summed E-state index contributed by atoms with van der Waals surface area (Å²) >= 11 is 0. The molecule has 0 aliphatic rings. The Labute approximate surface area is 97.8 Å². The number of nitrogens with two attached hydrogens (primary N) is 1. The minimum Gasteiger partial charge on any atom is -0.308 e. The number of nitrogens with zero attached hydrogens (tertiary/aromatic N) is 2. The number of pyridine rings is 1. The van der Waals surface area contributed by atoms with Gasteiger partial charge in [0.15, 0.2) is 0 Å². The lowest BCUT2D eigenvalue weighted by atomic mass is 10.1. The standard InChI is InChI=1S/C12H22N4/c1-4-5-10(2)16(3)9-11-6-7-12(15-13)14-8-11/h6-8,10H,4-5,9,13H2,1-3H3,(H,14,15). The van der Waals surface area contributed by atoms with Gasteiger partial charge < -0.3 is 5.43 Å². The summed E-state index contributed by atoms with van der Waals surface area (Å²) in [5.41, 5.74) is 3.74. The summed E-state index contributed by atoms with van der Waals surface area (Å²) in [5.74, 6) is 5.97. The Morgan fingerprint density at radius 2 is 2.25 bits per heavy atom. The van der Waals surface area contributed by atoms with Crippen molar-refractivity contribution in [1.82, 2.24) is 9.88 Å². The molecule has 4 heteroatoms. The van der Waals surface area contributed by atoms with Gasteiger partial charge in [0.2, 0.25) is 0 Å². The SMILES string of the molecule is CCCC(C)N(C)Cc1ccc(NN)nc1. The Morgan fingerprint density at radius 3 is 2.75 bits per heavy atom. The molecule has 0 amide bonds. The number of anilines is 1. The lowest BCUT2D eigenvalue weighted by Gasteiger charge is -2.24. The summed E-state index contributed by atoms with van der Waals surface area (Å²) in [6, 6.07) is 4.56. The normalized spacial score (nSPS) is 12.8. The third kappa shape index (κ3) is 3.79. The molecule has 0 aliphatic heterocycles. The van der Waals surface area contributed by atoms with Crippen molar-refractivity contribution >= 4 is 5.82 Å². The van der Waals surface area contributed by atoms with Gasteiger partial charge in [-0.3, -0.25) is 4.90 Å². The fraction of sp³-hybridized carbons (Fsp3) is 0.583. The van der Waals surface area contributed by atoms with Gasteiger partial charge in [-0.25, -0.2) is 10.8 Å². The Balaban J connectivity index is 2.52. The van der Waals surface area contributed by atoms with Gasteiger partial charge in [-0.15, -0.1) is 0 Å². The Morgan fingerprint density at radius 1 is 1.50 bits per heavy atom. The predicted octanol–water partition coefficient (Wildman–Crippen LogP) is 1.99. The first-order chi connectivity index (χ1) is 7.67. The fourth-order valence-electron chi connectivity index (χ4n) is 1.69. The lowest BCUT2D eigenvalue weighted by molar-refractivity contribution is 0.236. The molecule has 1 unspecified atom stereocenters. The van der Waals surface area contributed by atoms with Crippen LogP contribution >= 0.6 is 0 Å². The van der Waals surface area contributed by atoms with E-state index < -0.39 is 0 Å². The first kappa shape index (κ1) is 12.9. The molecule has 4 nitrogen and oxygen atoms in total. The van der Waals surface area contributed by atoms with E-state index >= 15 is 0 Å². The van der Waals surface area contributed by atoms with Gasteiger partial charge >= 0.3 is 0 Å². The maximum Gasteiger partial charge on any atom is 0.139 e. The van der Waals surface area contributed by atoms with Crippen LogP contribution in [0.1, 0.15) is 32.3 Å². The van der Waals surface area contributed by atoms with E-state index in [0.29, 0.717) is 11.9 Å². The molecular formula is C12H22N4. The van der Waals surface area contributed by atoms with Gasteiger partial charge in [0.05, 0.1) is 0 Å². The van der Waals surface area contributed by atoms with Crippen LogP contribution in [0.4, 0.5) is 5.82 Å². The van der Waals surface area contributed by atoms with E-state index in [2.05, 4.69) is 42.3 Å². The van der Waals surface area contributed by atoms with Crippen molar-refractivity contribution in [2.24, 2.45) is 5.84 Å². The quantitative estimate of drug-likeness (QED) is 0.571. The molecule has 0 saturated carbocycles. The molecule has 0 saturated heterocycles. The lowest BCUT2D eigenvalue weighted by Crippen LogP contribution is -2.28. The van der Waals surface area contributed by atoms with Crippen molar-refractivity contribution in [3.05, 3.63) is 23.9 Å². The summed E-state index contributed by atoms with van der Waals surface area (Å²) < 4.78 is 0.